The second-order valence-electron chi connectivity index (χ2n) is 2.55. The van der Waals surface area contributed by atoms with Crippen LogP contribution in [0.3, 0.4) is 0 Å². The number of ether oxygens (including phenoxy) is 2. The molecule has 0 bridgehead atoms. The molecule has 0 aliphatic carbocycles. The first-order chi connectivity index (χ1) is 7.56. The molecule has 0 aromatic carbocycles. The fourth-order valence-electron chi connectivity index (χ4n) is 0.700. The molecule has 0 saturated carbocycles. The van der Waals surface area contributed by atoms with Gasteiger partial charge in [-0.15, -0.1) is 0 Å². The van der Waals surface area contributed by atoms with Gasteiger partial charge in [0.25, 0.3) is 5.91 Å². The standard InChI is InChI=1S/C9H14N2O5/c1-2-15-5-6-16-8(13)4-3-7(12)11-9(10)14/h3-4H,2,5-6H2,1H3,(H3,10,11,12,14)/b4-3-. The van der Waals surface area contributed by atoms with E-state index in [1.165, 1.54) is 0 Å². The van der Waals surface area contributed by atoms with E-state index >= 15 is 0 Å². The molecule has 7 nitrogen and oxygen atoms in total. The van der Waals surface area contributed by atoms with Crippen LogP contribution in [0.15, 0.2) is 12.2 Å². The van der Waals surface area contributed by atoms with Crippen LogP contribution in [0.5, 0.6) is 0 Å². The largest absolute Gasteiger partial charge is 0.460 e. The molecule has 0 rings (SSSR count). The van der Waals surface area contributed by atoms with E-state index in [9.17, 15) is 14.4 Å². The molecule has 0 heterocycles. The smallest absolute Gasteiger partial charge is 0.331 e. The van der Waals surface area contributed by atoms with Crippen LogP contribution in [0.25, 0.3) is 0 Å². The Hall–Kier alpha value is -1.89. The summed E-state index contributed by atoms with van der Waals surface area (Å²) in [5, 5.41) is 1.76. The van der Waals surface area contributed by atoms with E-state index < -0.39 is 17.9 Å². The third kappa shape index (κ3) is 8.70. The van der Waals surface area contributed by atoms with E-state index in [1.807, 2.05) is 6.92 Å². The molecule has 0 saturated heterocycles. The Morgan fingerprint density at radius 3 is 2.50 bits per heavy atom. The zero-order chi connectivity index (χ0) is 12.4. The lowest BCUT2D eigenvalue weighted by molar-refractivity contribution is -0.139. The van der Waals surface area contributed by atoms with Gasteiger partial charge in [-0.3, -0.25) is 10.1 Å². The number of carbonyl (C=O) groups excluding carboxylic acids is 3. The molecule has 0 spiro atoms. The number of esters is 1. The van der Waals surface area contributed by atoms with Crippen molar-refractivity contribution in [2.45, 2.75) is 6.92 Å². The van der Waals surface area contributed by atoms with Crippen molar-refractivity contribution in [2.24, 2.45) is 5.73 Å². The summed E-state index contributed by atoms with van der Waals surface area (Å²) in [4.78, 5) is 32.0. The molecule has 0 aliphatic rings. The number of primary amides is 1. The molecular formula is C9H14N2O5. The highest BCUT2D eigenvalue weighted by Crippen LogP contribution is 1.83. The molecule has 0 aromatic rings. The van der Waals surface area contributed by atoms with Crippen LogP contribution in [0.2, 0.25) is 0 Å². The zero-order valence-electron chi connectivity index (χ0n) is 8.89. The highest BCUT2D eigenvalue weighted by molar-refractivity contribution is 6.02. The van der Waals surface area contributed by atoms with Gasteiger partial charge in [-0.25, -0.2) is 9.59 Å². The lowest BCUT2D eigenvalue weighted by Gasteiger charge is -2.01. The maximum atomic E-state index is 10.9. The summed E-state index contributed by atoms with van der Waals surface area (Å²) in [6.07, 6.45) is 1.75. The minimum atomic E-state index is -0.987. The van der Waals surface area contributed by atoms with Crippen LogP contribution >= 0.6 is 0 Å². The van der Waals surface area contributed by atoms with E-state index in [4.69, 9.17) is 4.74 Å². The number of nitrogens with one attached hydrogen (secondary N) is 1. The van der Waals surface area contributed by atoms with Gasteiger partial charge in [0.15, 0.2) is 0 Å². The Labute approximate surface area is 92.6 Å². The number of rotatable bonds is 6. The molecule has 3 N–H and O–H groups in total. The number of urea groups is 1. The summed E-state index contributed by atoms with van der Waals surface area (Å²) in [7, 11) is 0. The normalized spacial score (nSPS) is 10.1. The number of nitrogens with two attached hydrogens (primary N) is 1. The van der Waals surface area contributed by atoms with E-state index in [0.717, 1.165) is 12.2 Å². The number of carbonyl (C=O) groups is 3. The number of hydrogen-bond acceptors (Lipinski definition) is 5. The minimum Gasteiger partial charge on any atom is -0.460 e. The Morgan fingerprint density at radius 1 is 1.25 bits per heavy atom. The van der Waals surface area contributed by atoms with Crippen molar-refractivity contribution < 1.29 is 23.9 Å². The SMILES string of the molecule is CCOCCOC(=O)/C=C\C(=O)NC(N)=O. The van der Waals surface area contributed by atoms with E-state index in [1.54, 1.807) is 5.32 Å². The first-order valence-corrected chi connectivity index (χ1v) is 4.59. The molecule has 16 heavy (non-hydrogen) atoms. The molecular weight excluding hydrogens is 216 g/mol. The topological polar surface area (TPSA) is 108 Å². The van der Waals surface area contributed by atoms with Gasteiger partial charge < -0.3 is 15.2 Å². The Bertz CT molecular complexity index is 288. The molecule has 0 atom stereocenters. The Morgan fingerprint density at radius 2 is 1.94 bits per heavy atom. The summed E-state index contributed by atoms with van der Waals surface area (Å²) < 4.78 is 9.57. The quantitative estimate of drug-likeness (QED) is 0.357. The number of imide groups is 1. The van der Waals surface area contributed by atoms with Gasteiger partial charge in [0, 0.05) is 18.8 Å². The lowest BCUT2D eigenvalue weighted by Crippen LogP contribution is -2.33. The van der Waals surface area contributed by atoms with Gasteiger partial charge >= 0.3 is 12.0 Å². The molecule has 0 radical (unpaired) electrons. The van der Waals surface area contributed by atoms with Gasteiger partial charge in [-0.05, 0) is 6.92 Å². The van der Waals surface area contributed by atoms with E-state index in [-0.39, 0.29) is 6.61 Å². The fourth-order valence-corrected chi connectivity index (χ4v) is 0.700. The predicted molar refractivity (Wildman–Crippen MR) is 54.3 cm³/mol. The van der Waals surface area contributed by atoms with Crippen LogP contribution in [-0.2, 0) is 19.1 Å². The van der Waals surface area contributed by atoms with Crippen LogP contribution in [0.1, 0.15) is 6.92 Å². The van der Waals surface area contributed by atoms with Crippen molar-refractivity contribution in [3.05, 3.63) is 12.2 Å². The number of amides is 3. The average Bonchev–Trinajstić information content (AvgIpc) is 2.20. The lowest BCUT2D eigenvalue weighted by atomic mass is 10.4. The van der Waals surface area contributed by atoms with E-state index in [2.05, 4.69) is 10.5 Å². The van der Waals surface area contributed by atoms with E-state index in [0.29, 0.717) is 13.2 Å². The second kappa shape index (κ2) is 8.42. The van der Waals surface area contributed by atoms with Crippen LogP contribution in [0, 0.1) is 0 Å². The summed E-state index contributed by atoms with van der Waals surface area (Å²) in [5.41, 5.74) is 4.68. The summed E-state index contributed by atoms with van der Waals surface area (Å²) >= 11 is 0. The highest BCUT2D eigenvalue weighted by Gasteiger charge is 2.01. The van der Waals surface area contributed by atoms with Crippen molar-refractivity contribution >= 4 is 17.9 Å². The first kappa shape index (κ1) is 14.1. The number of hydrogen-bond donors (Lipinski definition) is 2. The van der Waals surface area contributed by atoms with Crippen LogP contribution in [-0.4, -0.2) is 37.7 Å². The van der Waals surface area contributed by atoms with Crippen molar-refractivity contribution in [3.63, 3.8) is 0 Å². The summed E-state index contributed by atoms with van der Waals surface area (Å²) in [6.45, 7) is 2.75. The summed E-state index contributed by atoms with van der Waals surface area (Å²) in [6, 6.07) is -0.987. The molecule has 3 amide bonds. The molecule has 90 valence electrons. The Kier molecular flexibility index (Phi) is 7.43. The van der Waals surface area contributed by atoms with Crippen molar-refractivity contribution in [1.29, 1.82) is 0 Å². The minimum absolute atomic E-state index is 0.106. The van der Waals surface area contributed by atoms with Gasteiger partial charge in [-0.2, -0.15) is 0 Å². The van der Waals surface area contributed by atoms with Gasteiger partial charge in [0.2, 0.25) is 0 Å². The summed E-state index contributed by atoms with van der Waals surface area (Å²) in [5.74, 6) is -1.48. The van der Waals surface area contributed by atoms with Crippen LogP contribution < -0.4 is 11.1 Å². The molecule has 7 heteroatoms. The second-order valence-corrected chi connectivity index (χ2v) is 2.55. The average molecular weight is 230 g/mol. The zero-order valence-corrected chi connectivity index (χ0v) is 8.89. The maximum absolute atomic E-state index is 10.9. The predicted octanol–water partition coefficient (Wildman–Crippen LogP) is -0.683. The van der Waals surface area contributed by atoms with Crippen molar-refractivity contribution in [3.8, 4) is 0 Å². The molecule has 0 unspecified atom stereocenters. The van der Waals surface area contributed by atoms with Gasteiger partial charge in [-0.1, -0.05) is 0 Å². The maximum Gasteiger partial charge on any atom is 0.331 e. The molecule has 0 aliphatic heterocycles. The molecule has 0 fully saturated rings. The first-order valence-electron chi connectivity index (χ1n) is 4.59. The third-order valence-corrected chi connectivity index (χ3v) is 1.29. The monoisotopic (exact) mass is 230 g/mol. The fraction of sp³-hybridized carbons (Fsp3) is 0.444. The van der Waals surface area contributed by atoms with Crippen molar-refractivity contribution in [1.82, 2.24) is 5.32 Å². The molecule has 0 aromatic heterocycles. The van der Waals surface area contributed by atoms with Gasteiger partial charge in [0.1, 0.15) is 6.61 Å². The Balaban J connectivity index is 3.73. The third-order valence-electron chi connectivity index (χ3n) is 1.29. The van der Waals surface area contributed by atoms with Crippen molar-refractivity contribution in [2.75, 3.05) is 19.8 Å². The highest BCUT2D eigenvalue weighted by atomic mass is 16.6. The van der Waals surface area contributed by atoms with Gasteiger partial charge in [0.05, 0.1) is 6.61 Å². The van der Waals surface area contributed by atoms with Crippen LogP contribution in [0.4, 0.5) is 4.79 Å².